The van der Waals surface area contributed by atoms with Crippen molar-refractivity contribution in [2.75, 3.05) is 13.2 Å². The Hall–Kier alpha value is -1.30. The Kier molecular flexibility index (Phi) is 6.49. The summed E-state index contributed by atoms with van der Waals surface area (Å²) in [6.07, 6.45) is 5.97. The number of nitrogens with one attached hydrogen (secondary N) is 2. The Bertz CT molecular complexity index is 277. The first-order valence-corrected chi connectivity index (χ1v) is 6.51. The van der Waals surface area contributed by atoms with Crippen LogP contribution >= 0.6 is 0 Å². The summed E-state index contributed by atoms with van der Waals surface area (Å²) in [5.74, 6) is -0.437. The molecule has 2 amide bonds. The van der Waals surface area contributed by atoms with E-state index in [-0.39, 0.29) is 13.0 Å². The molecule has 0 aliphatic heterocycles. The zero-order valence-electron chi connectivity index (χ0n) is 10.5. The third-order valence-corrected chi connectivity index (χ3v) is 3.33. The van der Waals surface area contributed by atoms with Crippen LogP contribution < -0.4 is 10.6 Å². The number of amides is 2. The molecule has 1 aliphatic carbocycles. The number of urea groups is 1. The van der Waals surface area contributed by atoms with Gasteiger partial charge in [-0.05, 0) is 12.3 Å². The number of aliphatic hydroxyl groups is 1. The Labute approximate surface area is 107 Å². The van der Waals surface area contributed by atoms with E-state index < -0.39 is 18.0 Å². The maximum absolute atomic E-state index is 11.4. The van der Waals surface area contributed by atoms with Crippen LogP contribution in [-0.2, 0) is 4.79 Å². The SMILES string of the molecule is O=C(NCCC1CCCC1)N[C@H](CCO)C(=O)O. The quantitative estimate of drug-likeness (QED) is 0.540. The van der Waals surface area contributed by atoms with E-state index in [0.29, 0.717) is 12.5 Å². The van der Waals surface area contributed by atoms with Crippen LogP contribution in [0.4, 0.5) is 4.79 Å². The summed E-state index contributed by atoms with van der Waals surface area (Å²) in [6, 6.07) is -1.50. The van der Waals surface area contributed by atoms with Gasteiger partial charge < -0.3 is 20.8 Å². The highest BCUT2D eigenvalue weighted by molar-refractivity contribution is 5.82. The van der Waals surface area contributed by atoms with Gasteiger partial charge in [0.1, 0.15) is 6.04 Å². The van der Waals surface area contributed by atoms with Crippen molar-refractivity contribution in [3.63, 3.8) is 0 Å². The van der Waals surface area contributed by atoms with Crippen molar-refractivity contribution >= 4 is 12.0 Å². The van der Waals surface area contributed by atoms with Gasteiger partial charge in [-0.25, -0.2) is 9.59 Å². The van der Waals surface area contributed by atoms with Gasteiger partial charge in [-0.2, -0.15) is 0 Å². The van der Waals surface area contributed by atoms with E-state index in [1.807, 2.05) is 0 Å². The number of carboxylic acid groups (broad SMARTS) is 1. The summed E-state index contributed by atoms with van der Waals surface area (Å²) in [5, 5.41) is 22.5. The lowest BCUT2D eigenvalue weighted by Gasteiger charge is -2.15. The molecule has 0 spiro atoms. The smallest absolute Gasteiger partial charge is 0.326 e. The fraction of sp³-hybridized carbons (Fsp3) is 0.833. The van der Waals surface area contributed by atoms with Crippen molar-refractivity contribution in [1.82, 2.24) is 10.6 Å². The van der Waals surface area contributed by atoms with E-state index >= 15 is 0 Å². The number of hydrogen-bond acceptors (Lipinski definition) is 3. The van der Waals surface area contributed by atoms with Gasteiger partial charge >= 0.3 is 12.0 Å². The molecule has 1 atom stereocenters. The highest BCUT2D eigenvalue weighted by Gasteiger charge is 2.19. The molecule has 1 rings (SSSR count). The number of hydrogen-bond donors (Lipinski definition) is 4. The van der Waals surface area contributed by atoms with Gasteiger partial charge in [-0.3, -0.25) is 0 Å². The fourth-order valence-electron chi connectivity index (χ4n) is 2.28. The van der Waals surface area contributed by atoms with E-state index in [9.17, 15) is 9.59 Å². The molecule has 0 aromatic heterocycles. The lowest BCUT2D eigenvalue weighted by atomic mass is 10.0. The van der Waals surface area contributed by atoms with E-state index in [4.69, 9.17) is 10.2 Å². The predicted octanol–water partition coefficient (Wildman–Crippen LogP) is 0.701. The minimum Gasteiger partial charge on any atom is -0.480 e. The molecule has 1 aliphatic rings. The maximum atomic E-state index is 11.4. The minimum atomic E-state index is -1.13. The summed E-state index contributed by atoms with van der Waals surface area (Å²) in [4.78, 5) is 22.2. The zero-order chi connectivity index (χ0) is 13.4. The number of rotatable bonds is 7. The highest BCUT2D eigenvalue weighted by atomic mass is 16.4. The van der Waals surface area contributed by atoms with Crippen LogP contribution in [0, 0.1) is 5.92 Å². The van der Waals surface area contributed by atoms with Crippen molar-refractivity contribution in [2.24, 2.45) is 5.92 Å². The molecule has 1 fully saturated rings. The highest BCUT2D eigenvalue weighted by Crippen LogP contribution is 2.26. The predicted molar refractivity (Wildman–Crippen MR) is 66.2 cm³/mol. The van der Waals surface area contributed by atoms with Gasteiger partial charge in [-0.15, -0.1) is 0 Å². The average Bonchev–Trinajstić information content (AvgIpc) is 2.81. The monoisotopic (exact) mass is 258 g/mol. The first-order valence-electron chi connectivity index (χ1n) is 6.51. The number of aliphatic carboxylic acids is 1. The van der Waals surface area contributed by atoms with Gasteiger partial charge in [0.15, 0.2) is 0 Å². The Morgan fingerprint density at radius 3 is 2.50 bits per heavy atom. The summed E-state index contributed by atoms with van der Waals surface area (Å²) in [7, 11) is 0. The molecule has 0 saturated heterocycles. The molecule has 6 heteroatoms. The number of carbonyl (C=O) groups excluding carboxylic acids is 1. The van der Waals surface area contributed by atoms with Crippen molar-refractivity contribution in [3.8, 4) is 0 Å². The molecule has 0 aromatic rings. The molecule has 104 valence electrons. The van der Waals surface area contributed by atoms with E-state index in [1.54, 1.807) is 0 Å². The molecular formula is C12H22N2O4. The molecular weight excluding hydrogens is 236 g/mol. The van der Waals surface area contributed by atoms with Gasteiger partial charge in [0.05, 0.1) is 0 Å². The maximum Gasteiger partial charge on any atom is 0.326 e. The molecule has 0 unspecified atom stereocenters. The Morgan fingerprint density at radius 1 is 1.28 bits per heavy atom. The van der Waals surface area contributed by atoms with E-state index in [2.05, 4.69) is 10.6 Å². The number of carbonyl (C=O) groups is 2. The van der Waals surface area contributed by atoms with Crippen molar-refractivity contribution < 1.29 is 19.8 Å². The number of aliphatic hydroxyl groups excluding tert-OH is 1. The lowest BCUT2D eigenvalue weighted by molar-refractivity contribution is -0.139. The van der Waals surface area contributed by atoms with Gasteiger partial charge in [0, 0.05) is 19.6 Å². The minimum absolute atomic E-state index is 0.0192. The van der Waals surface area contributed by atoms with Gasteiger partial charge in [0.25, 0.3) is 0 Å². The average molecular weight is 258 g/mol. The summed E-state index contributed by atoms with van der Waals surface area (Å²) in [6.45, 7) is 0.307. The zero-order valence-corrected chi connectivity index (χ0v) is 10.5. The molecule has 6 nitrogen and oxygen atoms in total. The molecule has 18 heavy (non-hydrogen) atoms. The van der Waals surface area contributed by atoms with Crippen molar-refractivity contribution in [2.45, 2.75) is 44.6 Å². The van der Waals surface area contributed by atoms with E-state index in [1.165, 1.54) is 25.7 Å². The van der Waals surface area contributed by atoms with Crippen LogP contribution in [0.2, 0.25) is 0 Å². The second-order valence-electron chi connectivity index (χ2n) is 4.74. The number of carboxylic acids is 1. The third-order valence-electron chi connectivity index (χ3n) is 3.33. The van der Waals surface area contributed by atoms with Crippen LogP contribution in [0.5, 0.6) is 0 Å². The second-order valence-corrected chi connectivity index (χ2v) is 4.74. The molecule has 1 saturated carbocycles. The molecule has 0 bridgehead atoms. The summed E-state index contributed by atoms with van der Waals surface area (Å²) < 4.78 is 0. The van der Waals surface area contributed by atoms with Crippen LogP contribution in [0.25, 0.3) is 0 Å². The van der Waals surface area contributed by atoms with Crippen LogP contribution in [0.1, 0.15) is 38.5 Å². The van der Waals surface area contributed by atoms with Crippen molar-refractivity contribution in [3.05, 3.63) is 0 Å². The van der Waals surface area contributed by atoms with Crippen LogP contribution in [-0.4, -0.2) is 41.4 Å². The molecule has 4 N–H and O–H groups in total. The molecule has 0 radical (unpaired) electrons. The Balaban J connectivity index is 2.16. The first-order chi connectivity index (χ1) is 8.63. The fourth-order valence-corrected chi connectivity index (χ4v) is 2.28. The van der Waals surface area contributed by atoms with Crippen LogP contribution in [0.3, 0.4) is 0 Å². The van der Waals surface area contributed by atoms with Crippen molar-refractivity contribution in [1.29, 1.82) is 0 Å². The summed E-state index contributed by atoms with van der Waals surface area (Å²) >= 11 is 0. The lowest BCUT2D eigenvalue weighted by Crippen LogP contribution is -2.46. The normalized spacial score (nSPS) is 17.4. The van der Waals surface area contributed by atoms with E-state index in [0.717, 1.165) is 6.42 Å². The Morgan fingerprint density at radius 2 is 1.94 bits per heavy atom. The largest absolute Gasteiger partial charge is 0.480 e. The first kappa shape index (κ1) is 14.8. The van der Waals surface area contributed by atoms with Gasteiger partial charge in [0.2, 0.25) is 0 Å². The third kappa shape index (κ3) is 5.35. The topological polar surface area (TPSA) is 98.7 Å². The molecule has 0 heterocycles. The van der Waals surface area contributed by atoms with Gasteiger partial charge in [-0.1, -0.05) is 25.7 Å². The molecule has 0 aromatic carbocycles. The summed E-state index contributed by atoms with van der Waals surface area (Å²) in [5.41, 5.74) is 0. The van der Waals surface area contributed by atoms with Crippen LogP contribution in [0.15, 0.2) is 0 Å². The second kappa shape index (κ2) is 7.92. The standard InChI is InChI=1S/C12H22N2O4/c15-8-6-10(11(16)17)14-12(18)13-7-5-9-3-1-2-4-9/h9-10,15H,1-8H2,(H,16,17)(H2,13,14,18)/t10-/m1/s1.